The molecule has 0 saturated heterocycles. The zero-order valence-corrected chi connectivity index (χ0v) is 13.5. The highest BCUT2D eigenvalue weighted by atomic mass is 32.2. The van der Waals surface area contributed by atoms with Crippen LogP contribution in [0, 0.1) is 6.92 Å². The third kappa shape index (κ3) is 4.14. The van der Waals surface area contributed by atoms with Crippen LogP contribution in [0.4, 0.5) is 0 Å². The van der Waals surface area contributed by atoms with Gasteiger partial charge in [0.25, 0.3) is 5.91 Å². The van der Waals surface area contributed by atoms with Crippen LogP contribution in [0.3, 0.4) is 0 Å². The lowest BCUT2D eigenvalue weighted by Gasteiger charge is -2.09. The second kappa shape index (κ2) is 7.69. The van der Waals surface area contributed by atoms with Crippen molar-refractivity contribution < 1.29 is 14.3 Å². The molecule has 0 atom stereocenters. The topological polar surface area (TPSA) is 89.1 Å². The Morgan fingerprint density at radius 1 is 1.32 bits per heavy atom. The predicted octanol–water partition coefficient (Wildman–Crippen LogP) is 1.65. The van der Waals surface area contributed by atoms with Crippen molar-refractivity contribution in [3.05, 3.63) is 29.6 Å². The van der Waals surface area contributed by atoms with Gasteiger partial charge in [0, 0.05) is 17.9 Å². The fraction of sp³-hybridized carbons (Fsp3) is 0.357. The normalized spacial score (nSPS) is 10.3. The van der Waals surface area contributed by atoms with E-state index in [4.69, 9.17) is 9.47 Å². The number of aryl methyl sites for hydroxylation is 1. The quantitative estimate of drug-likeness (QED) is 0.595. The monoisotopic (exact) mass is 322 g/mol. The summed E-state index contributed by atoms with van der Waals surface area (Å²) in [5, 5.41) is 10.3. The minimum atomic E-state index is -0.160. The van der Waals surface area contributed by atoms with Crippen molar-refractivity contribution in [3.63, 3.8) is 0 Å². The number of carbonyl (C=O) groups excluding carboxylic acids is 1. The van der Waals surface area contributed by atoms with Gasteiger partial charge in [0.2, 0.25) is 5.16 Å². The number of nitrogens with one attached hydrogen (secondary N) is 2. The van der Waals surface area contributed by atoms with Crippen LogP contribution in [0.25, 0.3) is 0 Å². The molecule has 8 heteroatoms. The lowest BCUT2D eigenvalue weighted by Crippen LogP contribution is -2.25. The van der Waals surface area contributed by atoms with Crippen molar-refractivity contribution in [1.82, 2.24) is 20.5 Å². The number of amides is 1. The van der Waals surface area contributed by atoms with Gasteiger partial charge in [-0.1, -0.05) is 11.8 Å². The highest BCUT2D eigenvalue weighted by molar-refractivity contribution is 7.99. The fourth-order valence-electron chi connectivity index (χ4n) is 1.77. The molecule has 1 heterocycles. The second-order valence-electron chi connectivity index (χ2n) is 4.38. The molecule has 1 aromatic carbocycles. The number of carbonyl (C=O) groups is 1. The van der Waals surface area contributed by atoms with Crippen molar-refractivity contribution in [2.45, 2.75) is 12.1 Å². The van der Waals surface area contributed by atoms with E-state index in [1.54, 1.807) is 25.3 Å². The van der Waals surface area contributed by atoms with Crippen molar-refractivity contribution in [1.29, 1.82) is 0 Å². The SMILES string of the molecule is COc1ccc(C(=O)NCCSc2n[nH]c(C)n2)cc1OC. The van der Waals surface area contributed by atoms with Crippen LogP contribution in [0.15, 0.2) is 23.4 Å². The first-order valence-electron chi connectivity index (χ1n) is 6.66. The molecule has 0 radical (unpaired) electrons. The Bertz CT molecular complexity index is 645. The molecule has 2 rings (SSSR count). The first-order chi connectivity index (χ1) is 10.6. The number of benzene rings is 1. The number of ether oxygens (including phenoxy) is 2. The molecule has 0 aliphatic rings. The second-order valence-corrected chi connectivity index (χ2v) is 5.44. The van der Waals surface area contributed by atoms with E-state index in [1.165, 1.54) is 18.9 Å². The number of methoxy groups -OCH3 is 2. The number of rotatable bonds is 7. The van der Waals surface area contributed by atoms with Crippen LogP contribution >= 0.6 is 11.8 Å². The van der Waals surface area contributed by atoms with Crippen molar-refractivity contribution in [2.75, 3.05) is 26.5 Å². The van der Waals surface area contributed by atoms with Crippen molar-refractivity contribution in [2.24, 2.45) is 0 Å². The molecule has 1 aromatic heterocycles. The summed E-state index contributed by atoms with van der Waals surface area (Å²) >= 11 is 1.48. The molecule has 0 spiro atoms. The fourth-order valence-corrected chi connectivity index (χ4v) is 2.47. The predicted molar refractivity (Wildman–Crippen MR) is 83.7 cm³/mol. The van der Waals surface area contributed by atoms with Gasteiger partial charge in [0.15, 0.2) is 11.5 Å². The van der Waals surface area contributed by atoms with Crippen LogP contribution in [0.2, 0.25) is 0 Å². The summed E-state index contributed by atoms with van der Waals surface area (Å²) in [6, 6.07) is 5.06. The van der Waals surface area contributed by atoms with E-state index in [1.807, 2.05) is 6.92 Å². The maximum Gasteiger partial charge on any atom is 0.251 e. The molecule has 0 aliphatic heterocycles. The summed E-state index contributed by atoms with van der Waals surface area (Å²) in [4.78, 5) is 16.3. The molecule has 118 valence electrons. The average molecular weight is 322 g/mol. The Morgan fingerprint density at radius 3 is 2.73 bits per heavy atom. The highest BCUT2D eigenvalue weighted by Gasteiger charge is 2.10. The summed E-state index contributed by atoms with van der Waals surface area (Å²) < 4.78 is 10.3. The Balaban J connectivity index is 1.84. The summed E-state index contributed by atoms with van der Waals surface area (Å²) in [6.07, 6.45) is 0. The molecule has 0 fully saturated rings. The molecule has 22 heavy (non-hydrogen) atoms. The summed E-state index contributed by atoms with van der Waals surface area (Å²) in [6.45, 7) is 2.36. The number of thioether (sulfide) groups is 1. The lowest BCUT2D eigenvalue weighted by molar-refractivity contribution is 0.0955. The Kier molecular flexibility index (Phi) is 5.65. The number of aromatic amines is 1. The first-order valence-corrected chi connectivity index (χ1v) is 7.64. The van der Waals surface area contributed by atoms with Gasteiger partial charge in [-0.05, 0) is 25.1 Å². The van der Waals surface area contributed by atoms with E-state index >= 15 is 0 Å². The molecular formula is C14H18N4O3S. The van der Waals surface area contributed by atoms with Crippen molar-refractivity contribution >= 4 is 17.7 Å². The Labute approximate surface area is 132 Å². The average Bonchev–Trinajstić information content (AvgIpc) is 2.96. The third-order valence-electron chi connectivity index (χ3n) is 2.84. The van der Waals surface area contributed by atoms with Crippen LogP contribution in [-0.4, -0.2) is 47.6 Å². The minimum absolute atomic E-state index is 0.160. The molecule has 1 amide bonds. The summed E-state index contributed by atoms with van der Waals surface area (Å²) in [5.74, 6) is 2.43. The van der Waals surface area contributed by atoms with Crippen LogP contribution in [-0.2, 0) is 0 Å². The molecule has 7 nitrogen and oxygen atoms in total. The smallest absolute Gasteiger partial charge is 0.251 e. The number of hydrogen-bond donors (Lipinski definition) is 2. The van der Waals surface area contributed by atoms with Crippen LogP contribution < -0.4 is 14.8 Å². The molecule has 2 aromatic rings. The van der Waals surface area contributed by atoms with Gasteiger partial charge < -0.3 is 14.8 Å². The van der Waals surface area contributed by atoms with Crippen molar-refractivity contribution in [3.8, 4) is 11.5 Å². The number of H-pyrrole nitrogens is 1. The van der Waals surface area contributed by atoms with Crippen LogP contribution in [0.1, 0.15) is 16.2 Å². The van der Waals surface area contributed by atoms with Gasteiger partial charge in [-0.25, -0.2) is 4.98 Å². The van der Waals surface area contributed by atoms with Crippen LogP contribution in [0.5, 0.6) is 11.5 Å². The van der Waals surface area contributed by atoms with Gasteiger partial charge in [0.05, 0.1) is 14.2 Å². The minimum Gasteiger partial charge on any atom is -0.493 e. The van der Waals surface area contributed by atoms with Gasteiger partial charge >= 0.3 is 0 Å². The van der Waals surface area contributed by atoms with Gasteiger partial charge in [-0.15, -0.1) is 5.10 Å². The summed E-state index contributed by atoms with van der Waals surface area (Å²) in [7, 11) is 3.09. The van der Waals surface area contributed by atoms with Gasteiger partial charge in [-0.2, -0.15) is 0 Å². The largest absolute Gasteiger partial charge is 0.493 e. The number of nitrogens with zero attached hydrogens (tertiary/aromatic N) is 2. The molecule has 0 saturated carbocycles. The van der Waals surface area contributed by atoms with E-state index in [0.29, 0.717) is 34.5 Å². The first kappa shape index (κ1) is 16.2. The maximum absolute atomic E-state index is 12.1. The molecule has 0 aliphatic carbocycles. The molecular weight excluding hydrogens is 304 g/mol. The molecule has 0 unspecified atom stereocenters. The summed E-state index contributed by atoms with van der Waals surface area (Å²) in [5.41, 5.74) is 0.524. The third-order valence-corrected chi connectivity index (χ3v) is 3.69. The standard InChI is InChI=1S/C14H18N4O3S/c1-9-16-14(18-17-9)22-7-6-15-13(19)10-4-5-11(20-2)12(8-10)21-3/h4-5,8H,6-7H2,1-3H3,(H,15,19)(H,16,17,18). The van der Waals surface area contributed by atoms with E-state index in [-0.39, 0.29) is 5.91 Å². The van der Waals surface area contributed by atoms with E-state index in [2.05, 4.69) is 20.5 Å². The number of hydrogen-bond acceptors (Lipinski definition) is 6. The zero-order valence-electron chi connectivity index (χ0n) is 12.7. The Morgan fingerprint density at radius 2 is 2.09 bits per heavy atom. The van der Waals surface area contributed by atoms with E-state index in [9.17, 15) is 4.79 Å². The Hall–Kier alpha value is -2.22. The molecule has 2 N–H and O–H groups in total. The zero-order chi connectivity index (χ0) is 15.9. The number of aromatic nitrogens is 3. The van der Waals surface area contributed by atoms with Gasteiger partial charge in [0.1, 0.15) is 5.82 Å². The lowest BCUT2D eigenvalue weighted by atomic mass is 10.2. The highest BCUT2D eigenvalue weighted by Crippen LogP contribution is 2.27. The molecule has 0 bridgehead atoms. The maximum atomic E-state index is 12.1. The van der Waals surface area contributed by atoms with E-state index in [0.717, 1.165) is 5.82 Å². The van der Waals surface area contributed by atoms with E-state index < -0.39 is 0 Å². The van der Waals surface area contributed by atoms with Gasteiger partial charge in [-0.3, -0.25) is 9.89 Å².